The molecule has 3 aliphatic rings. The van der Waals surface area contributed by atoms with E-state index >= 15 is 0 Å². The minimum absolute atomic E-state index is 0.0845. The predicted molar refractivity (Wildman–Crippen MR) is 115 cm³/mol. The van der Waals surface area contributed by atoms with Crippen molar-refractivity contribution in [3.8, 4) is 0 Å². The SMILES string of the molecule is CCCC1C2CC[C@H]([C@H](C)CCC(=O)O)[C@@]2(C)[C@@H](O)CC1[C@]1(C)CC[C@H](O)CC1. The number of aliphatic hydroxyl groups is 2. The smallest absolute Gasteiger partial charge is 0.303 e. The van der Waals surface area contributed by atoms with Crippen LogP contribution in [0.15, 0.2) is 0 Å². The van der Waals surface area contributed by atoms with E-state index in [1.807, 2.05) is 0 Å². The van der Waals surface area contributed by atoms with Gasteiger partial charge in [-0.15, -0.1) is 0 Å². The van der Waals surface area contributed by atoms with Crippen LogP contribution in [0.25, 0.3) is 0 Å². The summed E-state index contributed by atoms with van der Waals surface area (Å²) in [4.78, 5) is 11.1. The lowest BCUT2D eigenvalue weighted by Gasteiger charge is -2.58. The van der Waals surface area contributed by atoms with E-state index in [-0.39, 0.29) is 29.5 Å². The molecule has 0 bridgehead atoms. The fourth-order valence-corrected chi connectivity index (χ4v) is 8.00. The number of aliphatic hydroxyl groups excluding tert-OH is 2. The molecule has 3 saturated carbocycles. The Hall–Kier alpha value is -0.610. The van der Waals surface area contributed by atoms with Gasteiger partial charge < -0.3 is 15.3 Å². The van der Waals surface area contributed by atoms with Gasteiger partial charge in [-0.25, -0.2) is 0 Å². The molecule has 7 atom stereocenters. The minimum atomic E-state index is -0.711. The molecular formula is C25H44O4. The molecule has 0 heterocycles. The van der Waals surface area contributed by atoms with Crippen LogP contribution in [-0.2, 0) is 4.79 Å². The summed E-state index contributed by atoms with van der Waals surface area (Å²) in [6.07, 6.45) is 10.1. The van der Waals surface area contributed by atoms with Gasteiger partial charge in [0.25, 0.3) is 0 Å². The van der Waals surface area contributed by atoms with Crippen LogP contribution in [0.5, 0.6) is 0 Å². The van der Waals surface area contributed by atoms with Crippen molar-refractivity contribution in [3.05, 3.63) is 0 Å². The number of carboxylic acids is 1. The van der Waals surface area contributed by atoms with Gasteiger partial charge in [-0.3, -0.25) is 4.79 Å². The molecule has 29 heavy (non-hydrogen) atoms. The number of hydrogen-bond donors (Lipinski definition) is 3. The van der Waals surface area contributed by atoms with Crippen LogP contribution >= 0.6 is 0 Å². The highest BCUT2D eigenvalue weighted by Crippen LogP contribution is 2.65. The van der Waals surface area contributed by atoms with Crippen molar-refractivity contribution < 1.29 is 20.1 Å². The molecule has 168 valence electrons. The number of carboxylic acid groups (broad SMARTS) is 1. The van der Waals surface area contributed by atoms with Crippen molar-refractivity contribution in [2.45, 2.75) is 111 Å². The largest absolute Gasteiger partial charge is 0.481 e. The van der Waals surface area contributed by atoms with Crippen LogP contribution in [0.2, 0.25) is 0 Å². The normalized spacial score (nSPS) is 46.3. The summed E-state index contributed by atoms with van der Waals surface area (Å²) < 4.78 is 0. The predicted octanol–water partition coefficient (Wildman–Crippen LogP) is 5.26. The Balaban J connectivity index is 1.84. The summed E-state index contributed by atoms with van der Waals surface area (Å²) >= 11 is 0. The third-order valence-electron chi connectivity index (χ3n) is 9.73. The lowest BCUT2D eigenvalue weighted by Crippen LogP contribution is -2.55. The van der Waals surface area contributed by atoms with Crippen LogP contribution in [0, 0.1) is 40.4 Å². The van der Waals surface area contributed by atoms with E-state index in [9.17, 15) is 15.0 Å². The molecule has 0 aliphatic heterocycles. The van der Waals surface area contributed by atoms with E-state index in [1.54, 1.807) is 0 Å². The Morgan fingerprint density at radius 3 is 2.31 bits per heavy atom. The molecule has 3 aliphatic carbocycles. The second-order valence-corrected chi connectivity index (χ2v) is 11.3. The first-order valence-corrected chi connectivity index (χ1v) is 12.2. The molecule has 0 saturated heterocycles. The van der Waals surface area contributed by atoms with Gasteiger partial charge in [-0.05, 0) is 91.8 Å². The van der Waals surface area contributed by atoms with Gasteiger partial charge in [0, 0.05) is 6.42 Å². The van der Waals surface area contributed by atoms with Crippen molar-refractivity contribution >= 4 is 5.97 Å². The van der Waals surface area contributed by atoms with Gasteiger partial charge >= 0.3 is 5.97 Å². The number of fused-ring (bicyclic) bond motifs is 1. The Morgan fingerprint density at radius 1 is 1.07 bits per heavy atom. The fourth-order valence-electron chi connectivity index (χ4n) is 8.00. The third kappa shape index (κ3) is 4.26. The van der Waals surface area contributed by atoms with Crippen molar-refractivity contribution in [2.75, 3.05) is 0 Å². The molecule has 4 nitrogen and oxygen atoms in total. The molecule has 0 spiro atoms. The first kappa shape index (κ1) is 23.1. The van der Waals surface area contributed by atoms with Crippen molar-refractivity contribution in [2.24, 2.45) is 40.4 Å². The van der Waals surface area contributed by atoms with E-state index in [0.29, 0.717) is 36.0 Å². The van der Waals surface area contributed by atoms with E-state index in [4.69, 9.17) is 5.11 Å². The lowest BCUT2D eigenvalue weighted by atomic mass is 9.48. The molecule has 0 aromatic carbocycles. The van der Waals surface area contributed by atoms with Crippen molar-refractivity contribution in [1.29, 1.82) is 0 Å². The van der Waals surface area contributed by atoms with Crippen LogP contribution in [0.4, 0.5) is 0 Å². The summed E-state index contributed by atoms with van der Waals surface area (Å²) in [5.41, 5.74) is 0.146. The maximum absolute atomic E-state index is 11.5. The quantitative estimate of drug-likeness (QED) is 0.537. The van der Waals surface area contributed by atoms with E-state index in [0.717, 1.165) is 38.5 Å². The van der Waals surface area contributed by atoms with E-state index < -0.39 is 5.97 Å². The van der Waals surface area contributed by atoms with Crippen LogP contribution < -0.4 is 0 Å². The average Bonchev–Trinajstić information content (AvgIpc) is 3.03. The summed E-state index contributed by atoms with van der Waals surface area (Å²) in [5, 5.41) is 30.7. The number of hydrogen-bond acceptors (Lipinski definition) is 3. The molecule has 4 heteroatoms. The van der Waals surface area contributed by atoms with Gasteiger partial charge in [-0.2, -0.15) is 0 Å². The second-order valence-electron chi connectivity index (χ2n) is 11.3. The summed E-state index contributed by atoms with van der Waals surface area (Å²) in [6.45, 7) is 9.24. The summed E-state index contributed by atoms with van der Waals surface area (Å²) in [6, 6.07) is 0. The van der Waals surface area contributed by atoms with Gasteiger partial charge in [0.05, 0.1) is 12.2 Å². The first-order valence-electron chi connectivity index (χ1n) is 12.2. The highest BCUT2D eigenvalue weighted by Gasteiger charge is 2.61. The second kappa shape index (κ2) is 8.86. The zero-order valence-corrected chi connectivity index (χ0v) is 19.1. The maximum atomic E-state index is 11.5. The molecule has 0 aromatic rings. The number of carbonyl (C=O) groups is 1. The van der Waals surface area contributed by atoms with E-state index in [1.165, 1.54) is 19.3 Å². The number of rotatable bonds is 7. The molecular weight excluding hydrogens is 364 g/mol. The van der Waals surface area contributed by atoms with Crippen LogP contribution in [0.1, 0.15) is 98.3 Å². The topological polar surface area (TPSA) is 77.8 Å². The molecule has 3 N–H and O–H groups in total. The Morgan fingerprint density at radius 2 is 1.72 bits per heavy atom. The zero-order valence-electron chi connectivity index (χ0n) is 19.1. The fraction of sp³-hybridized carbons (Fsp3) is 0.960. The lowest BCUT2D eigenvalue weighted by molar-refractivity contribution is -0.145. The monoisotopic (exact) mass is 408 g/mol. The van der Waals surface area contributed by atoms with Gasteiger partial charge in [0.1, 0.15) is 0 Å². The minimum Gasteiger partial charge on any atom is -0.481 e. The highest BCUT2D eigenvalue weighted by molar-refractivity contribution is 5.66. The standard InChI is InChI=1S/C25H44O4/c1-5-6-18-20-9-8-19(16(2)7-10-23(28)29)25(20,4)22(27)15-21(18)24(3)13-11-17(26)12-14-24/h16-22,26-27H,5-15H2,1-4H3,(H,28,29)/t16-,17-,18?,19-,20?,21?,22+,24+,25-/m1/s1. The Labute approximate surface area is 177 Å². The first-order chi connectivity index (χ1) is 13.6. The van der Waals surface area contributed by atoms with Crippen LogP contribution in [-0.4, -0.2) is 33.5 Å². The van der Waals surface area contributed by atoms with Gasteiger partial charge in [0.15, 0.2) is 0 Å². The zero-order chi connectivity index (χ0) is 21.4. The number of aliphatic carboxylic acids is 1. The van der Waals surface area contributed by atoms with Crippen LogP contribution in [0.3, 0.4) is 0 Å². The molecule has 3 unspecified atom stereocenters. The van der Waals surface area contributed by atoms with Crippen molar-refractivity contribution in [1.82, 2.24) is 0 Å². The van der Waals surface area contributed by atoms with Gasteiger partial charge in [-0.1, -0.05) is 40.5 Å². The third-order valence-corrected chi connectivity index (χ3v) is 9.73. The molecule has 3 fully saturated rings. The average molecular weight is 409 g/mol. The van der Waals surface area contributed by atoms with Gasteiger partial charge in [0.2, 0.25) is 0 Å². The highest BCUT2D eigenvalue weighted by atomic mass is 16.4. The van der Waals surface area contributed by atoms with E-state index in [2.05, 4.69) is 27.7 Å². The Bertz CT molecular complexity index is 567. The molecule has 3 rings (SSSR count). The summed E-state index contributed by atoms with van der Waals surface area (Å²) in [7, 11) is 0. The summed E-state index contributed by atoms with van der Waals surface area (Å²) in [5.74, 6) is 1.77. The molecule has 0 radical (unpaired) electrons. The maximum Gasteiger partial charge on any atom is 0.303 e. The van der Waals surface area contributed by atoms with Crippen molar-refractivity contribution in [3.63, 3.8) is 0 Å². The molecule has 0 amide bonds. The Kier molecular flexibility index (Phi) is 7.05. The molecule has 0 aromatic heterocycles.